The standard InChI is InChI=1S/C15H20BrFN2O/c1-10-8-13(18)6-7-19(10)15(20)5-3-11-2-4-12(16)9-14(11)17/h2,4,9-10,13H,3,5-8,18H2,1H3/t10-,13-/m0/s1. The Balaban J connectivity index is 1.92. The lowest BCUT2D eigenvalue weighted by molar-refractivity contribution is -0.134. The number of aryl methyl sites for hydroxylation is 1. The van der Waals surface area contributed by atoms with Crippen LogP contribution in [0.4, 0.5) is 4.39 Å². The van der Waals surface area contributed by atoms with E-state index in [1.165, 1.54) is 6.07 Å². The number of amides is 1. The number of halogens is 2. The van der Waals surface area contributed by atoms with Crippen molar-refractivity contribution in [3.8, 4) is 0 Å². The maximum Gasteiger partial charge on any atom is 0.223 e. The Morgan fingerprint density at radius 2 is 2.30 bits per heavy atom. The molecule has 0 saturated carbocycles. The average Bonchev–Trinajstić information content (AvgIpc) is 2.37. The highest BCUT2D eigenvalue weighted by molar-refractivity contribution is 9.10. The van der Waals surface area contributed by atoms with Gasteiger partial charge in [-0.25, -0.2) is 4.39 Å². The van der Waals surface area contributed by atoms with E-state index in [9.17, 15) is 9.18 Å². The SMILES string of the molecule is C[C@H]1C[C@@H](N)CCN1C(=O)CCc1ccc(Br)cc1F. The lowest BCUT2D eigenvalue weighted by Crippen LogP contribution is -2.48. The van der Waals surface area contributed by atoms with Crippen molar-refractivity contribution in [1.82, 2.24) is 4.90 Å². The molecule has 1 saturated heterocycles. The lowest BCUT2D eigenvalue weighted by Gasteiger charge is -2.36. The van der Waals surface area contributed by atoms with Crippen molar-refractivity contribution >= 4 is 21.8 Å². The van der Waals surface area contributed by atoms with Crippen molar-refractivity contribution in [2.24, 2.45) is 5.73 Å². The minimum Gasteiger partial charge on any atom is -0.340 e. The molecule has 1 aliphatic rings. The number of hydrogen-bond acceptors (Lipinski definition) is 2. The van der Waals surface area contributed by atoms with E-state index in [1.54, 1.807) is 12.1 Å². The summed E-state index contributed by atoms with van der Waals surface area (Å²) in [5, 5.41) is 0. The van der Waals surface area contributed by atoms with Gasteiger partial charge in [0.25, 0.3) is 0 Å². The monoisotopic (exact) mass is 342 g/mol. The number of likely N-dealkylation sites (tertiary alicyclic amines) is 1. The molecule has 20 heavy (non-hydrogen) atoms. The summed E-state index contributed by atoms with van der Waals surface area (Å²) < 4.78 is 14.4. The Bertz CT molecular complexity index is 495. The van der Waals surface area contributed by atoms with E-state index in [-0.39, 0.29) is 23.8 Å². The van der Waals surface area contributed by atoms with Gasteiger partial charge in [-0.05, 0) is 43.9 Å². The predicted octanol–water partition coefficient (Wildman–Crippen LogP) is 2.86. The van der Waals surface area contributed by atoms with Crippen LogP contribution in [0.25, 0.3) is 0 Å². The van der Waals surface area contributed by atoms with E-state index in [0.717, 1.165) is 12.8 Å². The van der Waals surface area contributed by atoms with Crippen LogP contribution in [-0.2, 0) is 11.2 Å². The van der Waals surface area contributed by atoms with Crippen LogP contribution in [0.2, 0.25) is 0 Å². The minimum absolute atomic E-state index is 0.0896. The van der Waals surface area contributed by atoms with Gasteiger partial charge in [0.15, 0.2) is 0 Å². The third kappa shape index (κ3) is 3.79. The summed E-state index contributed by atoms with van der Waals surface area (Å²) in [6.45, 7) is 2.74. The maximum atomic E-state index is 13.7. The number of piperidine rings is 1. The molecule has 2 rings (SSSR count). The zero-order valence-electron chi connectivity index (χ0n) is 11.6. The third-order valence-electron chi connectivity index (χ3n) is 3.86. The third-order valence-corrected chi connectivity index (χ3v) is 4.35. The fourth-order valence-corrected chi connectivity index (χ4v) is 3.02. The molecule has 0 unspecified atom stereocenters. The number of nitrogens with two attached hydrogens (primary N) is 1. The molecule has 3 nitrogen and oxygen atoms in total. The largest absolute Gasteiger partial charge is 0.340 e. The first-order valence-corrected chi connectivity index (χ1v) is 7.75. The normalized spacial score (nSPS) is 22.9. The van der Waals surface area contributed by atoms with Crippen molar-refractivity contribution in [3.05, 3.63) is 34.1 Å². The fourth-order valence-electron chi connectivity index (χ4n) is 2.69. The van der Waals surface area contributed by atoms with Crippen LogP contribution in [-0.4, -0.2) is 29.4 Å². The van der Waals surface area contributed by atoms with E-state index in [2.05, 4.69) is 15.9 Å². The van der Waals surface area contributed by atoms with Gasteiger partial charge in [-0.1, -0.05) is 22.0 Å². The number of rotatable bonds is 3. The number of nitrogens with zero attached hydrogens (tertiary/aromatic N) is 1. The molecule has 0 spiro atoms. The van der Waals surface area contributed by atoms with Crippen molar-refractivity contribution in [3.63, 3.8) is 0 Å². The van der Waals surface area contributed by atoms with E-state index in [1.807, 2.05) is 11.8 Å². The van der Waals surface area contributed by atoms with Crippen molar-refractivity contribution in [2.45, 2.75) is 44.7 Å². The zero-order chi connectivity index (χ0) is 14.7. The van der Waals surface area contributed by atoms with E-state index in [4.69, 9.17) is 5.73 Å². The second-order valence-electron chi connectivity index (χ2n) is 5.46. The molecular formula is C15H20BrFN2O. The Hall–Kier alpha value is -0.940. The van der Waals surface area contributed by atoms with Crippen LogP contribution in [0.15, 0.2) is 22.7 Å². The molecule has 2 atom stereocenters. The minimum atomic E-state index is -0.263. The van der Waals surface area contributed by atoms with Gasteiger partial charge >= 0.3 is 0 Å². The first-order valence-electron chi connectivity index (χ1n) is 6.96. The van der Waals surface area contributed by atoms with Crippen molar-refractivity contribution < 1.29 is 9.18 Å². The van der Waals surface area contributed by atoms with Gasteiger partial charge in [0.05, 0.1) is 0 Å². The van der Waals surface area contributed by atoms with Crippen LogP contribution < -0.4 is 5.73 Å². The molecule has 0 aliphatic carbocycles. The van der Waals surface area contributed by atoms with Gasteiger partial charge in [-0.3, -0.25) is 4.79 Å². The fraction of sp³-hybridized carbons (Fsp3) is 0.533. The first kappa shape index (κ1) is 15.4. The smallest absolute Gasteiger partial charge is 0.223 e. The Labute approximate surface area is 127 Å². The first-order chi connectivity index (χ1) is 9.47. The Kier molecular flexibility index (Phi) is 5.16. The summed E-state index contributed by atoms with van der Waals surface area (Å²) in [6.07, 6.45) is 2.48. The van der Waals surface area contributed by atoms with Gasteiger partial charge in [-0.15, -0.1) is 0 Å². The summed E-state index contributed by atoms with van der Waals surface area (Å²) in [7, 11) is 0. The molecule has 1 aromatic rings. The number of carbonyl (C=O) groups excluding carboxylic acids is 1. The molecule has 0 bridgehead atoms. The topological polar surface area (TPSA) is 46.3 Å². The Morgan fingerprint density at radius 3 is 2.95 bits per heavy atom. The number of benzene rings is 1. The van der Waals surface area contributed by atoms with Gasteiger partial charge < -0.3 is 10.6 Å². The predicted molar refractivity (Wildman–Crippen MR) is 80.8 cm³/mol. The zero-order valence-corrected chi connectivity index (χ0v) is 13.2. The molecule has 110 valence electrons. The molecule has 1 heterocycles. The summed E-state index contributed by atoms with van der Waals surface area (Å²) in [4.78, 5) is 14.1. The maximum absolute atomic E-state index is 13.7. The summed E-state index contributed by atoms with van der Waals surface area (Å²) in [5.74, 6) is -0.174. The molecule has 2 N–H and O–H groups in total. The molecule has 1 aromatic carbocycles. The van der Waals surface area contributed by atoms with E-state index >= 15 is 0 Å². The molecule has 5 heteroatoms. The van der Waals surface area contributed by atoms with Crippen LogP contribution >= 0.6 is 15.9 Å². The van der Waals surface area contributed by atoms with Crippen molar-refractivity contribution in [2.75, 3.05) is 6.54 Å². The van der Waals surface area contributed by atoms with Gasteiger partial charge in [0, 0.05) is 29.5 Å². The quantitative estimate of drug-likeness (QED) is 0.917. The van der Waals surface area contributed by atoms with E-state index in [0.29, 0.717) is 29.4 Å². The molecule has 0 aromatic heterocycles. The second-order valence-corrected chi connectivity index (χ2v) is 6.37. The number of hydrogen-bond donors (Lipinski definition) is 1. The van der Waals surface area contributed by atoms with Gasteiger partial charge in [0.2, 0.25) is 5.91 Å². The molecule has 1 aliphatic heterocycles. The lowest BCUT2D eigenvalue weighted by atomic mass is 9.98. The highest BCUT2D eigenvalue weighted by Crippen LogP contribution is 2.19. The summed E-state index contributed by atoms with van der Waals surface area (Å²) >= 11 is 3.23. The van der Waals surface area contributed by atoms with Crippen LogP contribution in [0.5, 0.6) is 0 Å². The van der Waals surface area contributed by atoms with Crippen molar-refractivity contribution in [1.29, 1.82) is 0 Å². The summed E-state index contributed by atoms with van der Waals surface area (Å²) in [6, 6.07) is 5.33. The van der Waals surface area contributed by atoms with Crippen LogP contribution in [0.3, 0.4) is 0 Å². The van der Waals surface area contributed by atoms with Gasteiger partial charge in [0.1, 0.15) is 5.82 Å². The second kappa shape index (κ2) is 6.68. The summed E-state index contributed by atoms with van der Waals surface area (Å²) in [5.41, 5.74) is 6.48. The Morgan fingerprint density at radius 1 is 1.55 bits per heavy atom. The van der Waals surface area contributed by atoms with Crippen LogP contribution in [0, 0.1) is 5.82 Å². The molecular weight excluding hydrogens is 323 g/mol. The molecule has 0 radical (unpaired) electrons. The molecule has 1 fully saturated rings. The van der Waals surface area contributed by atoms with Gasteiger partial charge in [-0.2, -0.15) is 0 Å². The average molecular weight is 343 g/mol. The van der Waals surface area contributed by atoms with Crippen LogP contribution in [0.1, 0.15) is 31.7 Å². The number of carbonyl (C=O) groups is 1. The highest BCUT2D eigenvalue weighted by atomic mass is 79.9. The molecule has 1 amide bonds. The van der Waals surface area contributed by atoms with E-state index < -0.39 is 0 Å². The highest BCUT2D eigenvalue weighted by Gasteiger charge is 2.26.